The SMILES string of the molecule is CC(C)(C)[Si](C)(C)OCCN(CCO[Si](C)(C)C(C)(C)C)c1ccc(O)cc1. The van der Waals surface area contributed by atoms with Gasteiger partial charge in [-0.3, -0.25) is 0 Å². The molecular formula is C22H43NO3Si2. The standard InChI is InChI=1S/C22H43NO3Si2/c1-21(2,3)27(7,8)25-17-15-23(19-11-13-20(24)14-12-19)16-18-26-28(9,10)22(4,5)6/h11-14,24H,15-18H2,1-10H3. The van der Waals surface area contributed by atoms with Crippen molar-refractivity contribution in [2.24, 2.45) is 0 Å². The van der Waals surface area contributed by atoms with E-state index in [9.17, 15) is 5.11 Å². The van der Waals surface area contributed by atoms with Gasteiger partial charge in [-0.2, -0.15) is 0 Å². The first-order valence-electron chi connectivity index (χ1n) is 10.4. The topological polar surface area (TPSA) is 41.9 Å². The minimum absolute atomic E-state index is 0.210. The largest absolute Gasteiger partial charge is 0.508 e. The van der Waals surface area contributed by atoms with Crippen LogP contribution in [0.5, 0.6) is 5.75 Å². The molecule has 6 heteroatoms. The van der Waals surface area contributed by atoms with Crippen LogP contribution in [0.2, 0.25) is 36.3 Å². The molecular weight excluding hydrogens is 382 g/mol. The highest BCUT2D eigenvalue weighted by molar-refractivity contribution is 6.74. The number of phenolic OH excluding ortho intramolecular Hbond substituents is 1. The minimum Gasteiger partial charge on any atom is -0.508 e. The summed E-state index contributed by atoms with van der Waals surface area (Å²) in [7, 11) is -3.52. The number of nitrogens with zero attached hydrogens (tertiary/aromatic N) is 1. The fraction of sp³-hybridized carbons (Fsp3) is 0.727. The molecule has 4 nitrogen and oxygen atoms in total. The van der Waals surface area contributed by atoms with Crippen LogP contribution in [0, 0.1) is 0 Å². The second-order valence-electron chi connectivity index (χ2n) is 10.7. The molecule has 28 heavy (non-hydrogen) atoms. The first-order chi connectivity index (χ1) is 12.6. The van der Waals surface area contributed by atoms with Crippen molar-refractivity contribution in [1.82, 2.24) is 0 Å². The molecule has 0 saturated carbocycles. The van der Waals surface area contributed by atoms with E-state index < -0.39 is 16.6 Å². The third-order valence-electron chi connectivity index (χ3n) is 6.48. The van der Waals surface area contributed by atoms with Crippen molar-refractivity contribution in [3.05, 3.63) is 24.3 Å². The normalized spacial score (nSPS) is 13.6. The van der Waals surface area contributed by atoms with Gasteiger partial charge in [-0.15, -0.1) is 0 Å². The van der Waals surface area contributed by atoms with Gasteiger partial charge in [-0.25, -0.2) is 0 Å². The van der Waals surface area contributed by atoms with E-state index in [0.717, 1.165) is 18.8 Å². The van der Waals surface area contributed by atoms with Gasteiger partial charge in [0.1, 0.15) is 5.75 Å². The lowest BCUT2D eigenvalue weighted by atomic mass is 10.2. The lowest BCUT2D eigenvalue weighted by Gasteiger charge is -2.38. The molecule has 0 aliphatic carbocycles. The highest BCUT2D eigenvalue weighted by Crippen LogP contribution is 2.37. The average Bonchev–Trinajstić information content (AvgIpc) is 2.52. The van der Waals surface area contributed by atoms with Crippen LogP contribution in [0.25, 0.3) is 0 Å². The maximum Gasteiger partial charge on any atom is 0.192 e. The van der Waals surface area contributed by atoms with Gasteiger partial charge in [0.15, 0.2) is 16.6 Å². The second kappa shape index (κ2) is 9.33. The minimum atomic E-state index is -1.76. The molecule has 162 valence electrons. The van der Waals surface area contributed by atoms with E-state index in [4.69, 9.17) is 8.85 Å². The number of anilines is 1. The van der Waals surface area contributed by atoms with Gasteiger partial charge in [0, 0.05) is 18.8 Å². The Kier molecular flexibility index (Phi) is 8.40. The Balaban J connectivity index is 2.77. The summed E-state index contributed by atoms with van der Waals surface area (Å²) in [5.41, 5.74) is 1.09. The number of hydrogen-bond acceptors (Lipinski definition) is 4. The first-order valence-corrected chi connectivity index (χ1v) is 16.2. The third-order valence-corrected chi connectivity index (χ3v) is 15.6. The van der Waals surface area contributed by atoms with Crippen molar-refractivity contribution in [3.63, 3.8) is 0 Å². The highest BCUT2D eigenvalue weighted by Gasteiger charge is 2.38. The number of benzene rings is 1. The van der Waals surface area contributed by atoms with Crippen molar-refractivity contribution < 1.29 is 14.0 Å². The Morgan fingerprint density at radius 2 is 1.11 bits per heavy atom. The molecule has 0 spiro atoms. The van der Waals surface area contributed by atoms with Crippen molar-refractivity contribution >= 4 is 22.3 Å². The predicted octanol–water partition coefficient (Wildman–Crippen LogP) is 6.24. The van der Waals surface area contributed by atoms with Crippen LogP contribution >= 0.6 is 0 Å². The summed E-state index contributed by atoms with van der Waals surface area (Å²) in [6.07, 6.45) is 0. The summed E-state index contributed by atoms with van der Waals surface area (Å²) < 4.78 is 12.8. The molecule has 0 aromatic heterocycles. The molecule has 0 radical (unpaired) electrons. The number of aromatic hydroxyl groups is 1. The van der Waals surface area contributed by atoms with Crippen molar-refractivity contribution in [2.75, 3.05) is 31.2 Å². The van der Waals surface area contributed by atoms with Crippen molar-refractivity contribution in [1.29, 1.82) is 0 Å². The number of phenols is 1. The molecule has 0 atom stereocenters. The quantitative estimate of drug-likeness (QED) is 0.475. The summed E-state index contributed by atoms with van der Waals surface area (Å²) in [6, 6.07) is 7.42. The number of hydrogen-bond donors (Lipinski definition) is 1. The molecule has 0 bridgehead atoms. The van der Waals surface area contributed by atoms with Gasteiger partial charge in [0.2, 0.25) is 0 Å². The molecule has 0 aliphatic rings. The zero-order valence-electron chi connectivity index (χ0n) is 19.8. The van der Waals surface area contributed by atoms with Crippen LogP contribution in [-0.4, -0.2) is 48.0 Å². The zero-order valence-corrected chi connectivity index (χ0v) is 21.8. The Hall–Kier alpha value is -0.826. The summed E-state index contributed by atoms with van der Waals surface area (Å²) in [5.74, 6) is 0.291. The zero-order chi connectivity index (χ0) is 21.8. The van der Waals surface area contributed by atoms with Crippen molar-refractivity contribution in [3.8, 4) is 5.75 Å². The second-order valence-corrected chi connectivity index (χ2v) is 20.3. The molecule has 1 aromatic rings. The average molecular weight is 426 g/mol. The lowest BCUT2D eigenvalue weighted by Crippen LogP contribution is -2.44. The van der Waals surface area contributed by atoms with Crippen LogP contribution in [0.3, 0.4) is 0 Å². The third kappa shape index (κ3) is 7.21. The molecule has 0 amide bonds. The van der Waals surface area contributed by atoms with Crippen LogP contribution in [0.15, 0.2) is 24.3 Å². The predicted molar refractivity (Wildman–Crippen MR) is 127 cm³/mol. The molecule has 1 aromatic carbocycles. The summed E-state index contributed by atoms with van der Waals surface area (Å²) in [4.78, 5) is 2.31. The van der Waals surface area contributed by atoms with E-state index in [2.05, 4.69) is 72.6 Å². The molecule has 0 aliphatic heterocycles. The Morgan fingerprint density at radius 1 is 0.750 bits per heavy atom. The van der Waals surface area contributed by atoms with Crippen LogP contribution in [0.4, 0.5) is 5.69 Å². The molecule has 0 heterocycles. The summed E-state index contributed by atoms with van der Waals surface area (Å²) in [6.45, 7) is 25.8. The van der Waals surface area contributed by atoms with Gasteiger partial charge in [-0.05, 0) is 60.5 Å². The molecule has 0 unspecified atom stereocenters. The first kappa shape index (κ1) is 25.2. The van der Waals surface area contributed by atoms with Gasteiger partial charge >= 0.3 is 0 Å². The van der Waals surface area contributed by atoms with E-state index in [1.165, 1.54) is 0 Å². The monoisotopic (exact) mass is 425 g/mol. The van der Waals surface area contributed by atoms with E-state index in [1.54, 1.807) is 12.1 Å². The fourth-order valence-electron chi connectivity index (χ4n) is 2.29. The van der Waals surface area contributed by atoms with Crippen LogP contribution in [0.1, 0.15) is 41.5 Å². The smallest absolute Gasteiger partial charge is 0.192 e. The van der Waals surface area contributed by atoms with Gasteiger partial charge in [0.25, 0.3) is 0 Å². The fourth-order valence-corrected chi connectivity index (χ4v) is 4.36. The van der Waals surface area contributed by atoms with Gasteiger partial charge < -0.3 is 18.9 Å². The Bertz CT molecular complexity index is 570. The van der Waals surface area contributed by atoms with E-state index in [1.807, 2.05) is 12.1 Å². The van der Waals surface area contributed by atoms with Gasteiger partial charge in [0.05, 0.1) is 13.2 Å². The number of rotatable bonds is 9. The Morgan fingerprint density at radius 3 is 1.43 bits per heavy atom. The van der Waals surface area contributed by atoms with Gasteiger partial charge in [-0.1, -0.05) is 41.5 Å². The van der Waals surface area contributed by atoms with Crippen molar-refractivity contribution in [2.45, 2.75) is 77.8 Å². The van der Waals surface area contributed by atoms with Crippen LogP contribution in [-0.2, 0) is 8.85 Å². The highest BCUT2D eigenvalue weighted by atomic mass is 28.4. The van der Waals surface area contributed by atoms with E-state index >= 15 is 0 Å². The molecule has 0 fully saturated rings. The summed E-state index contributed by atoms with van der Waals surface area (Å²) in [5, 5.41) is 10.0. The van der Waals surface area contributed by atoms with E-state index in [-0.39, 0.29) is 10.1 Å². The molecule has 0 saturated heterocycles. The van der Waals surface area contributed by atoms with E-state index in [0.29, 0.717) is 19.0 Å². The van der Waals surface area contributed by atoms with Crippen LogP contribution < -0.4 is 4.90 Å². The summed E-state index contributed by atoms with van der Waals surface area (Å²) >= 11 is 0. The molecule has 1 rings (SSSR count). The maximum atomic E-state index is 9.63. The lowest BCUT2D eigenvalue weighted by molar-refractivity contribution is 0.276. The molecule has 1 N–H and O–H groups in total. The Labute approximate surface area is 175 Å². The maximum absolute atomic E-state index is 9.63.